The van der Waals surface area contributed by atoms with Crippen LogP contribution in [0.15, 0.2) is 18.2 Å². The lowest BCUT2D eigenvalue weighted by atomic mass is 10.1. The predicted molar refractivity (Wildman–Crippen MR) is 77.8 cm³/mol. The number of nitrogens with one attached hydrogen (secondary N) is 1. The van der Waals surface area contributed by atoms with E-state index in [0.717, 1.165) is 37.7 Å². The molecule has 1 heterocycles. The molecule has 20 heavy (non-hydrogen) atoms. The number of halogens is 2. The van der Waals surface area contributed by atoms with Crippen LogP contribution in [0.4, 0.5) is 8.78 Å². The molecule has 0 aromatic heterocycles. The molecule has 0 saturated carbocycles. The van der Waals surface area contributed by atoms with Crippen LogP contribution in [0.1, 0.15) is 31.7 Å². The predicted octanol–water partition coefficient (Wildman–Crippen LogP) is 2.97. The average molecular weight is 282 g/mol. The Labute approximate surface area is 120 Å². The number of hydrogen-bond acceptors (Lipinski definition) is 2. The first kappa shape index (κ1) is 15.4. The Morgan fingerprint density at radius 3 is 2.60 bits per heavy atom. The third-order valence-corrected chi connectivity index (χ3v) is 4.04. The number of benzene rings is 1. The van der Waals surface area contributed by atoms with Crippen LogP contribution >= 0.6 is 0 Å². The highest BCUT2D eigenvalue weighted by molar-refractivity contribution is 5.18. The Balaban J connectivity index is 1.75. The quantitative estimate of drug-likeness (QED) is 0.893. The lowest BCUT2D eigenvalue weighted by molar-refractivity contribution is 0.297. The van der Waals surface area contributed by atoms with E-state index in [2.05, 4.69) is 17.1 Å². The summed E-state index contributed by atoms with van der Waals surface area (Å²) in [7, 11) is 0. The lowest BCUT2D eigenvalue weighted by Crippen LogP contribution is -2.32. The fourth-order valence-electron chi connectivity index (χ4n) is 2.85. The Hall–Kier alpha value is -1.00. The molecule has 0 aliphatic carbocycles. The Bertz CT molecular complexity index is 403. The van der Waals surface area contributed by atoms with E-state index in [0.29, 0.717) is 12.5 Å². The number of rotatable bonds is 5. The van der Waals surface area contributed by atoms with E-state index in [1.54, 1.807) is 0 Å². The van der Waals surface area contributed by atoms with Gasteiger partial charge in [-0.3, -0.25) is 0 Å². The van der Waals surface area contributed by atoms with Gasteiger partial charge in [-0.1, -0.05) is 6.92 Å². The van der Waals surface area contributed by atoms with E-state index in [9.17, 15) is 8.78 Å². The fourth-order valence-corrected chi connectivity index (χ4v) is 2.85. The highest BCUT2D eigenvalue weighted by Gasteiger charge is 2.15. The fraction of sp³-hybridized carbons (Fsp3) is 0.625. The monoisotopic (exact) mass is 282 g/mol. The smallest absolute Gasteiger partial charge is 0.126 e. The third-order valence-electron chi connectivity index (χ3n) is 4.04. The molecular formula is C16H24F2N2. The van der Waals surface area contributed by atoms with Crippen molar-refractivity contribution in [1.82, 2.24) is 10.2 Å². The molecule has 1 aliphatic heterocycles. The van der Waals surface area contributed by atoms with Gasteiger partial charge in [0.1, 0.15) is 11.6 Å². The molecule has 0 spiro atoms. The second-order valence-electron chi connectivity index (χ2n) is 5.54. The first-order valence-corrected chi connectivity index (χ1v) is 7.58. The van der Waals surface area contributed by atoms with Crippen molar-refractivity contribution in [1.29, 1.82) is 0 Å². The first-order chi connectivity index (χ1) is 9.67. The molecule has 0 amide bonds. The van der Waals surface area contributed by atoms with Gasteiger partial charge < -0.3 is 10.2 Å². The molecule has 1 aromatic carbocycles. The number of likely N-dealkylation sites (tertiary alicyclic amines) is 1. The van der Waals surface area contributed by atoms with Crippen molar-refractivity contribution in [2.75, 3.05) is 26.2 Å². The van der Waals surface area contributed by atoms with Crippen molar-refractivity contribution in [3.63, 3.8) is 0 Å². The van der Waals surface area contributed by atoms with Crippen LogP contribution in [-0.2, 0) is 6.42 Å². The highest BCUT2D eigenvalue weighted by atomic mass is 19.1. The summed E-state index contributed by atoms with van der Waals surface area (Å²) in [5, 5.41) is 3.52. The molecule has 1 saturated heterocycles. The number of hydrogen-bond donors (Lipinski definition) is 1. The molecule has 1 N–H and O–H groups in total. The lowest BCUT2D eigenvalue weighted by Gasteiger charge is -2.18. The van der Waals surface area contributed by atoms with Gasteiger partial charge in [0.15, 0.2) is 0 Å². The zero-order chi connectivity index (χ0) is 14.4. The SMILES string of the molecule is CCN1CCCC(NCCc2cc(F)cc(F)c2)CC1. The van der Waals surface area contributed by atoms with Gasteiger partial charge in [-0.2, -0.15) is 0 Å². The maximum atomic E-state index is 13.1. The Kier molecular flexibility index (Phi) is 5.92. The zero-order valence-corrected chi connectivity index (χ0v) is 12.2. The summed E-state index contributed by atoms with van der Waals surface area (Å²) in [6.45, 7) is 6.42. The van der Waals surface area contributed by atoms with Crippen LogP contribution < -0.4 is 5.32 Å². The topological polar surface area (TPSA) is 15.3 Å². The van der Waals surface area contributed by atoms with Gasteiger partial charge in [-0.15, -0.1) is 0 Å². The summed E-state index contributed by atoms with van der Waals surface area (Å²) in [5.41, 5.74) is 0.721. The van der Waals surface area contributed by atoms with Crippen molar-refractivity contribution in [3.05, 3.63) is 35.4 Å². The molecule has 1 aliphatic rings. The van der Waals surface area contributed by atoms with E-state index >= 15 is 0 Å². The molecular weight excluding hydrogens is 258 g/mol. The standard InChI is InChI=1S/C16H24F2N2/c1-2-20-8-3-4-16(6-9-20)19-7-5-13-10-14(17)12-15(18)11-13/h10-12,16,19H,2-9H2,1H3. The molecule has 2 rings (SSSR count). The molecule has 1 atom stereocenters. The highest BCUT2D eigenvalue weighted by Crippen LogP contribution is 2.12. The van der Waals surface area contributed by atoms with Crippen molar-refractivity contribution >= 4 is 0 Å². The first-order valence-electron chi connectivity index (χ1n) is 7.58. The van der Waals surface area contributed by atoms with Gasteiger partial charge in [0.05, 0.1) is 0 Å². The van der Waals surface area contributed by atoms with E-state index in [-0.39, 0.29) is 0 Å². The number of nitrogens with zero attached hydrogens (tertiary/aromatic N) is 1. The zero-order valence-electron chi connectivity index (χ0n) is 12.2. The van der Waals surface area contributed by atoms with E-state index in [4.69, 9.17) is 0 Å². The second-order valence-corrected chi connectivity index (χ2v) is 5.54. The van der Waals surface area contributed by atoms with Gasteiger partial charge in [0, 0.05) is 12.1 Å². The molecule has 112 valence electrons. The van der Waals surface area contributed by atoms with Crippen molar-refractivity contribution in [2.45, 2.75) is 38.6 Å². The van der Waals surface area contributed by atoms with Crippen molar-refractivity contribution < 1.29 is 8.78 Å². The normalized spacial score (nSPS) is 20.9. The third kappa shape index (κ3) is 4.84. The van der Waals surface area contributed by atoms with E-state index in [1.165, 1.54) is 31.5 Å². The van der Waals surface area contributed by atoms with Crippen molar-refractivity contribution in [2.24, 2.45) is 0 Å². The molecule has 0 radical (unpaired) electrons. The maximum absolute atomic E-state index is 13.1. The van der Waals surface area contributed by atoms with E-state index in [1.807, 2.05) is 0 Å². The molecule has 1 aromatic rings. The van der Waals surface area contributed by atoms with Crippen LogP contribution in [-0.4, -0.2) is 37.1 Å². The van der Waals surface area contributed by atoms with Crippen LogP contribution in [0.25, 0.3) is 0 Å². The van der Waals surface area contributed by atoms with Crippen LogP contribution in [0.3, 0.4) is 0 Å². The Morgan fingerprint density at radius 2 is 1.90 bits per heavy atom. The molecule has 2 nitrogen and oxygen atoms in total. The van der Waals surface area contributed by atoms with Gasteiger partial charge in [0.2, 0.25) is 0 Å². The Morgan fingerprint density at radius 1 is 1.15 bits per heavy atom. The summed E-state index contributed by atoms with van der Waals surface area (Å²) in [4.78, 5) is 2.48. The minimum atomic E-state index is -0.493. The van der Waals surface area contributed by atoms with Gasteiger partial charge in [-0.05, 0) is 69.6 Å². The molecule has 1 unspecified atom stereocenters. The maximum Gasteiger partial charge on any atom is 0.126 e. The van der Waals surface area contributed by atoms with Gasteiger partial charge in [0.25, 0.3) is 0 Å². The van der Waals surface area contributed by atoms with Crippen LogP contribution in [0.2, 0.25) is 0 Å². The second kappa shape index (κ2) is 7.70. The largest absolute Gasteiger partial charge is 0.314 e. The molecule has 1 fully saturated rings. The van der Waals surface area contributed by atoms with Gasteiger partial charge >= 0.3 is 0 Å². The summed E-state index contributed by atoms with van der Waals surface area (Å²) in [5.74, 6) is -0.985. The summed E-state index contributed by atoms with van der Waals surface area (Å²) in [6.07, 6.45) is 4.24. The summed E-state index contributed by atoms with van der Waals surface area (Å²) in [6, 6.07) is 4.28. The van der Waals surface area contributed by atoms with Gasteiger partial charge in [-0.25, -0.2) is 8.78 Å². The minimum absolute atomic E-state index is 0.493. The van der Waals surface area contributed by atoms with E-state index < -0.39 is 11.6 Å². The summed E-state index contributed by atoms with van der Waals surface area (Å²) >= 11 is 0. The average Bonchev–Trinajstić information content (AvgIpc) is 2.63. The summed E-state index contributed by atoms with van der Waals surface area (Å²) < 4.78 is 26.2. The van der Waals surface area contributed by atoms with Crippen LogP contribution in [0.5, 0.6) is 0 Å². The molecule has 4 heteroatoms. The van der Waals surface area contributed by atoms with Crippen LogP contribution in [0, 0.1) is 11.6 Å². The minimum Gasteiger partial charge on any atom is -0.314 e. The molecule has 0 bridgehead atoms. The van der Waals surface area contributed by atoms with Crippen molar-refractivity contribution in [3.8, 4) is 0 Å².